The van der Waals surface area contributed by atoms with E-state index >= 15 is 0 Å². The molecular weight excluding hydrogens is 274 g/mol. The summed E-state index contributed by atoms with van der Waals surface area (Å²) in [5.74, 6) is 0.938. The first-order valence-corrected chi connectivity index (χ1v) is 7.80. The van der Waals surface area contributed by atoms with E-state index in [2.05, 4.69) is 48.6 Å². The molecule has 0 spiro atoms. The number of aliphatic hydroxyl groups is 1. The average Bonchev–Trinajstić information content (AvgIpc) is 2.49. The zero-order valence-electron chi connectivity index (χ0n) is 13.4. The molecule has 0 aliphatic heterocycles. The molecule has 2 aromatic rings. The van der Waals surface area contributed by atoms with Crippen molar-refractivity contribution in [2.75, 3.05) is 19.7 Å². The van der Waals surface area contributed by atoms with E-state index < -0.39 is 0 Å². The Bertz CT molecular complexity index is 567. The Morgan fingerprint density at radius 3 is 2.64 bits per heavy atom. The van der Waals surface area contributed by atoms with Crippen LogP contribution in [0.1, 0.15) is 23.6 Å². The van der Waals surface area contributed by atoms with Crippen LogP contribution in [0.3, 0.4) is 0 Å². The van der Waals surface area contributed by atoms with Crippen molar-refractivity contribution in [3.63, 3.8) is 0 Å². The Kier molecular flexibility index (Phi) is 6.44. The average molecular weight is 299 g/mol. The number of ether oxygens (including phenoxy) is 1. The summed E-state index contributed by atoms with van der Waals surface area (Å²) in [5, 5.41) is 12.4. The maximum absolute atomic E-state index is 9.20. The molecule has 0 aromatic heterocycles. The van der Waals surface area contributed by atoms with Gasteiger partial charge in [0.15, 0.2) is 0 Å². The fraction of sp³-hybridized carbons (Fsp3) is 0.368. The van der Waals surface area contributed by atoms with Crippen molar-refractivity contribution in [2.24, 2.45) is 0 Å². The quantitative estimate of drug-likeness (QED) is 0.736. The third-order valence-corrected chi connectivity index (χ3v) is 3.43. The van der Waals surface area contributed by atoms with Gasteiger partial charge in [-0.25, -0.2) is 0 Å². The highest BCUT2D eigenvalue weighted by atomic mass is 16.5. The summed E-state index contributed by atoms with van der Waals surface area (Å²) in [6.07, 6.45) is 0.548. The summed E-state index contributed by atoms with van der Waals surface area (Å²) >= 11 is 0. The molecule has 0 fully saturated rings. The van der Waals surface area contributed by atoms with Gasteiger partial charge >= 0.3 is 0 Å². The van der Waals surface area contributed by atoms with Gasteiger partial charge in [0.1, 0.15) is 12.4 Å². The Balaban J connectivity index is 1.95. The maximum Gasteiger partial charge on any atom is 0.122 e. The standard InChI is InChI=1S/C19H25NO2/c1-15-8-9-19(22-11-10-20-14-16(2)21)18(12-15)13-17-6-4-3-5-7-17/h3-9,12,16,20-21H,10-11,13-14H2,1-2H3/t16-/m0/s1. The van der Waals surface area contributed by atoms with Gasteiger partial charge < -0.3 is 15.2 Å². The fourth-order valence-corrected chi connectivity index (χ4v) is 2.35. The summed E-state index contributed by atoms with van der Waals surface area (Å²) in [6, 6.07) is 16.7. The van der Waals surface area contributed by atoms with E-state index in [9.17, 15) is 5.11 Å². The highest BCUT2D eigenvalue weighted by molar-refractivity contribution is 5.40. The highest BCUT2D eigenvalue weighted by Gasteiger charge is 2.05. The van der Waals surface area contributed by atoms with Crippen LogP contribution in [0.4, 0.5) is 0 Å². The molecule has 22 heavy (non-hydrogen) atoms. The third kappa shape index (κ3) is 5.51. The van der Waals surface area contributed by atoms with Gasteiger partial charge in [-0.15, -0.1) is 0 Å². The largest absolute Gasteiger partial charge is 0.492 e. The predicted molar refractivity (Wildman–Crippen MR) is 90.5 cm³/mol. The van der Waals surface area contributed by atoms with E-state index in [-0.39, 0.29) is 6.10 Å². The summed E-state index contributed by atoms with van der Waals surface area (Å²) in [5.41, 5.74) is 3.73. The zero-order valence-corrected chi connectivity index (χ0v) is 13.4. The molecule has 3 heteroatoms. The second-order valence-corrected chi connectivity index (χ2v) is 5.68. The first-order valence-electron chi connectivity index (χ1n) is 7.80. The van der Waals surface area contributed by atoms with Gasteiger partial charge in [-0.3, -0.25) is 0 Å². The van der Waals surface area contributed by atoms with E-state index in [4.69, 9.17) is 4.74 Å². The van der Waals surface area contributed by atoms with Gasteiger partial charge in [0, 0.05) is 19.5 Å². The van der Waals surface area contributed by atoms with Crippen LogP contribution < -0.4 is 10.1 Å². The molecule has 0 aliphatic carbocycles. The van der Waals surface area contributed by atoms with E-state index in [1.807, 2.05) is 12.1 Å². The SMILES string of the molecule is Cc1ccc(OCCNC[C@H](C)O)c(Cc2ccccc2)c1. The zero-order chi connectivity index (χ0) is 15.8. The normalized spacial score (nSPS) is 12.1. The van der Waals surface area contributed by atoms with Crippen LogP contribution in [0.5, 0.6) is 5.75 Å². The Morgan fingerprint density at radius 2 is 1.91 bits per heavy atom. The monoisotopic (exact) mass is 299 g/mol. The summed E-state index contributed by atoms with van der Waals surface area (Å²) in [7, 11) is 0. The van der Waals surface area contributed by atoms with Crippen molar-refractivity contribution in [3.8, 4) is 5.75 Å². The molecule has 0 bridgehead atoms. The molecule has 0 unspecified atom stereocenters. The van der Waals surface area contributed by atoms with Gasteiger partial charge in [-0.05, 0) is 31.0 Å². The molecule has 2 N–H and O–H groups in total. The van der Waals surface area contributed by atoms with Crippen molar-refractivity contribution < 1.29 is 9.84 Å². The number of benzene rings is 2. The molecule has 118 valence electrons. The van der Waals surface area contributed by atoms with Gasteiger partial charge in [0.2, 0.25) is 0 Å². The highest BCUT2D eigenvalue weighted by Crippen LogP contribution is 2.23. The minimum atomic E-state index is -0.326. The van der Waals surface area contributed by atoms with E-state index in [1.54, 1.807) is 6.92 Å². The molecule has 0 heterocycles. The lowest BCUT2D eigenvalue weighted by Crippen LogP contribution is -2.28. The number of nitrogens with one attached hydrogen (secondary N) is 1. The van der Waals surface area contributed by atoms with Crippen molar-refractivity contribution in [3.05, 3.63) is 65.2 Å². The van der Waals surface area contributed by atoms with Crippen molar-refractivity contribution in [1.82, 2.24) is 5.32 Å². The van der Waals surface area contributed by atoms with Crippen LogP contribution >= 0.6 is 0 Å². The summed E-state index contributed by atoms with van der Waals surface area (Å²) < 4.78 is 5.90. The first kappa shape index (κ1) is 16.5. The van der Waals surface area contributed by atoms with Crippen LogP contribution in [0.2, 0.25) is 0 Å². The minimum absolute atomic E-state index is 0.326. The lowest BCUT2D eigenvalue weighted by Gasteiger charge is -2.13. The second kappa shape index (κ2) is 8.57. The molecular formula is C19H25NO2. The van der Waals surface area contributed by atoms with Gasteiger partial charge in [-0.2, -0.15) is 0 Å². The number of aliphatic hydroxyl groups excluding tert-OH is 1. The van der Waals surface area contributed by atoms with Crippen LogP contribution in [0.25, 0.3) is 0 Å². The first-order chi connectivity index (χ1) is 10.6. The lowest BCUT2D eigenvalue weighted by molar-refractivity contribution is 0.188. The van der Waals surface area contributed by atoms with Crippen molar-refractivity contribution in [1.29, 1.82) is 0 Å². The van der Waals surface area contributed by atoms with Crippen molar-refractivity contribution in [2.45, 2.75) is 26.4 Å². The Hall–Kier alpha value is -1.84. The molecule has 0 radical (unpaired) electrons. The number of hydrogen-bond donors (Lipinski definition) is 2. The topological polar surface area (TPSA) is 41.5 Å². The van der Waals surface area contributed by atoms with E-state index in [0.717, 1.165) is 18.7 Å². The molecule has 0 saturated heterocycles. The van der Waals surface area contributed by atoms with Gasteiger partial charge in [-0.1, -0.05) is 48.0 Å². The maximum atomic E-state index is 9.20. The number of aryl methyl sites for hydroxylation is 1. The van der Waals surface area contributed by atoms with E-state index in [0.29, 0.717) is 13.2 Å². The number of hydrogen-bond acceptors (Lipinski definition) is 3. The van der Waals surface area contributed by atoms with Crippen LogP contribution in [0, 0.1) is 6.92 Å². The number of rotatable bonds is 8. The Morgan fingerprint density at radius 1 is 1.14 bits per heavy atom. The van der Waals surface area contributed by atoms with Crippen LogP contribution in [0.15, 0.2) is 48.5 Å². The van der Waals surface area contributed by atoms with Gasteiger partial charge in [0.05, 0.1) is 6.10 Å². The summed E-state index contributed by atoms with van der Waals surface area (Å²) in [4.78, 5) is 0. The molecule has 1 atom stereocenters. The molecule has 3 nitrogen and oxygen atoms in total. The van der Waals surface area contributed by atoms with Crippen LogP contribution in [-0.4, -0.2) is 30.9 Å². The minimum Gasteiger partial charge on any atom is -0.492 e. The molecule has 0 amide bonds. The fourth-order valence-electron chi connectivity index (χ4n) is 2.35. The molecule has 2 rings (SSSR count). The van der Waals surface area contributed by atoms with Crippen LogP contribution in [-0.2, 0) is 6.42 Å². The van der Waals surface area contributed by atoms with Gasteiger partial charge in [0.25, 0.3) is 0 Å². The Labute approximate surface area is 133 Å². The lowest BCUT2D eigenvalue weighted by atomic mass is 10.0. The predicted octanol–water partition coefficient (Wildman–Crippen LogP) is 2.94. The smallest absolute Gasteiger partial charge is 0.122 e. The molecule has 0 aliphatic rings. The molecule has 0 saturated carbocycles. The third-order valence-electron chi connectivity index (χ3n) is 3.43. The van der Waals surface area contributed by atoms with E-state index in [1.165, 1.54) is 16.7 Å². The van der Waals surface area contributed by atoms with Crippen molar-refractivity contribution >= 4 is 0 Å². The second-order valence-electron chi connectivity index (χ2n) is 5.68. The molecule has 2 aromatic carbocycles. The summed E-state index contributed by atoms with van der Waals surface area (Å²) in [6.45, 7) is 5.78.